The number of benzene rings is 2. The van der Waals surface area contributed by atoms with Crippen LogP contribution in [0.4, 0.5) is 16.0 Å². The zero-order chi connectivity index (χ0) is 20.4. The summed E-state index contributed by atoms with van der Waals surface area (Å²) in [4.78, 5) is 23.3. The van der Waals surface area contributed by atoms with Crippen molar-refractivity contribution in [3.8, 4) is 11.5 Å². The number of pyridine rings is 1. The zero-order valence-corrected chi connectivity index (χ0v) is 17.3. The molecule has 4 aromatic rings. The maximum Gasteiger partial charge on any atom is 0.269 e. The first-order valence-electron chi connectivity index (χ1n) is 8.59. The monoisotopic (exact) mass is 503 g/mol. The van der Waals surface area contributed by atoms with E-state index in [2.05, 4.69) is 48.2 Å². The van der Waals surface area contributed by atoms with E-state index in [1.165, 1.54) is 18.3 Å². The van der Waals surface area contributed by atoms with Gasteiger partial charge in [-0.1, -0.05) is 0 Å². The summed E-state index contributed by atoms with van der Waals surface area (Å²) in [7, 11) is 1.54. The van der Waals surface area contributed by atoms with Gasteiger partial charge in [-0.05, 0) is 59.0 Å². The molecule has 29 heavy (non-hydrogen) atoms. The lowest BCUT2D eigenvalue weighted by Crippen LogP contribution is -2.18. The van der Waals surface area contributed by atoms with Gasteiger partial charge in [-0.25, -0.2) is 9.37 Å². The molecule has 2 heterocycles. The molecule has 0 saturated heterocycles. The molecular formula is C20H15FIN5O2. The molecule has 4 rings (SSSR count). The number of carbonyl (C=O) groups is 1. The van der Waals surface area contributed by atoms with Crippen molar-refractivity contribution in [2.75, 3.05) is 12.4 Å². The van der Waals surface area contributed by atoms with E-state index in [1.807, 2.05) is 6.07 Å². The molecule has 7 nitrogen and oxygen atoms in total. The van der Waals surface area contributed by atoms with E-state index in [4.69, 9.17) is 4.74 Å². The number of H-pyrrole nitrogens is 1. The SMILES string of the molecule is CNC(=O)c1cc(Oc2ccc3nc(Nc4cc(F)ccc4I)[nH]c3c2)ccn1. The lowest BCUT2D eigenvalue weighted by Gasteiger charge is -2.06. The molecule has 0 atom stereocenters. The number of imidazole rings is 1. The van der Waals surface area contributed by atoms with Crippen LogP contribution in [-0.4, -0.2) is 27.9 Å². The van der Waals surface area contributed by atoms with Crippen LogP contribution in [0.15, 0.2) is 54.7 Å². The molecule has 2 aromatic carbocycles. The van der Waals surface area contributed by atoms with Crippen molar-refractivity contribution >= 4 is 51.2 Å². The van der Waals surface area contributed by atoms with E-state index < -0.39 is 0 Å². The van der Waals surface area contributed by atoms with Gasteiger partial charge >= 0.3 is 0 Å². The first-order valence-corrected chi connectivity index (χ1v) is 9.67. The standard InChI is InChI=1S/C20H15FIN5O2/c1-23-19(28)18-10-13(6-7-24-18)29-12-3-5-15-17(9-12)27-20(25-15)26-16-8-11(21)2-4-14(16)22/h2-10H,1H3,(H,23,28)(H2,25,26,27). The Morgan fingerprint density at radius 3 is 2.79 bits per heavy atom. The lowest BCUT2D eigenvalue weighted by molar-refractivity contribution is 0.0958. The van der Waals surface area contributed by atoms with Gasteiger partial charge in [-0.3, -0.25) is 9.78 Å². The number of halogens is 2. The van der Waals surface area contributed by atoms with Crippen molar-refractivity contribution in [1.29, 1.82) is 0 Å². The third-order valence-corrected chi connectivity index (χ3v) is 5.00. The van der Waals surface area contributed by atoms with Gasteiger partial charge < -0.3 is 20.4 Å². The van der Waals surface area contributed by atoms with Crippen LogP contribution in [0, 0.1) is 9.39 Å². The fourth-order valence-electron chi connectivity index (χ4n) is 2.70. The van der Waals surface area contributed by atoms with Crippen molar-refractivity contribution in [2.45, 2.75) is 0 Å². The highest BCUT2D eigenvalue weighted by molar-refractivity contribution is 14.1. The van der Waals surface area contributed by atoms with Crippen molar-refractivity contribution in [1.82, 2.24) is 20.3 Å². The summed E-state index contributed by atoms with van der Waals surface area (Å²) in [5.74, 6) is 0.939. The van der Waals surface area contributed by atoms with E-state index in [9.17, 15) is 9.18 Å². The minimum absolute atomic E-state index is 0.267. The number of rotatable bonds is 5. The molecule has 0 unspecified atom stereocenters. The topological polar surface area (TPSA) is 91.9 Å². The second-order valence-corrected chi connectivity index (χ2v) is 7.23. The normalized spacial score (nSPS) is 10.7. The summed E-state index contributed by atoms with van der Waals surface area (Å²) in [5.41, 5.74) is 2.37. The zero-order valence-electron chi connectivity index (χ0n) is 15.2. The Morgan fingerprint density at radius 1 is 1.14 bits per heavy atom. The summed E-state index contributed by atoms with van der Waals surface area (Å²) in [5, 5.41) is 5.62. The van der Waals surface area contributed by atoms with Gasteiger partial charge in [0.05, 0.1) is 16.7 Å². The maximum absolute atomic E-state index is 13.5. The minimum Gasteiger partial charge on any atom is -0.457 e. The average molecular weight is 503 g/mol. The summed E-state index contributed by atoms with van der Waals surface area (Å²) in [6.07, 6.45) is 1.51. The van der Waals surface area contributed by atoms with Gasteiger partial charge in [0.25, 0.3) is 5.91 Å². The van der Waals surface area contributed by atoms with E-state index in [0.29, 0.717) is 23.1 Å². The van der Waals surface area contributed by atoms with Gasteiger partial charge in [0, 0.05) is 28.9 Å². The van der Waals surface area contributed by atoms with Crippen molar-refractivity contribution in [3.63, 3.8) is 0 Å². The van der Waals surface area contributed by atoms with Gasteiger partial charge in [-0.2, -0.15) is 0 Å². The van der Waals surface area contributed by atoms with Crippen LogP contribution >= 0.6 is 22.6 Å². The number of anilines is 2. The molecule has 0 radical (unpaired) electrons. The minimum atomic E-state index is -0.326. The molecule has 1 amide bonds. The number of fused-ring (bicyclic) bond motifs is 1. The van der Waals surface area contributed by atoms with Crippen LogP contribution in [0.2, 0.25) is 0 Å². The molecule has 0 saturated carbocycles. The predicted molar refractivity (Wildman–Crippen MR) is 116 cm³/mol. The summed E-state index contributed by atoms with van der Waals surface area (Å²) < 4.78 is 20.2. The first kappa shape index (κ1) is 19.1. The Labute approximate surface area is 178 Å². The molecule has 0 aliphatic carbocycles. The van der Waals surface area contributed by atoms with Gasteiger partial charge in [0.2, 0.25) is 5.95 Å². The van der Waals surface area contributed by atoms with Crippen LogP contribution in [-0.2, 0) is 0 Å². The van der Waals surface area contributed by atoms with E-state index in [1.54, 1.807) is 37.4 Å². The maximum atomic E-state index is 13.5. The Balaban J connectivity index is 1.57. The molecular weight excluding hydrogens is 488 g/mol. The molecule has 0 fully saturated rings. The van der Waals surface area contributed by atoms with Crippen molar-refractivity contribution in [3.05, 3.63) is 69.8 Å². The average Bonchev–Trinajstić information content (AvgIpc) is 3.12. The lowest BCUT2D eigenvalue weighted by atomic mass is 10.3. The number of hydrogen-bond donors (Lipinski definition) is 3. The molecule has 9 heteroatoms. The van der Waals surface area contributed by atoms with Crippen LogP contribution in [0.1, 0.15) is 10.5 Å². The number of aromatic amines is 1. The fourth-order valence-corrected chi connectivity index (χ4v) is 3.17. The van der Waals surface area contributed by atoms with Crippen LogP contribution in [0.25, 0.3) is 11.0 Å². The predicted octanol–water partition coefficient (Wildman–Crippen LogP) is 4.60. The molecule has 0 spiro atoms. The van der Waals surface area contributed by atoms with Gasteiger partial charge in [-0.15, -0.1) is 0 Å². The Kier molecular flexibility index (Phi) is 5.30. The third kappa shape index (κ3) is 4.29. The molecule has 2 aromatic heterocycles. The largest absolute Gasteiger partial charge is 0.457 e. The third-order valence-electron chi connectivity index (χ3n) is 4.06. The number of carbonyl (C=O) groups excluding carboxylic acids is 1. The van der Waals surface area contributed by atoms with Crippen LogP contribution in [0.5, 0.6) is 11.5 Å². The highest BCUT2D eigenvalue weighted by Crippen LogP contribution is 2.27. The Bertz CT molecular complexity index is 1210. The van der Waals surface area contributed by atoms with Crippen molar-refractivity contribution < 1.29 is 13.9 Å². The number of amides is 1. The highest BCUT2D eigenvalue weighted by atomic mass is 127. The molecule has 146 valence electrons. The van der Waals surface area contributed by atoms with Crippen LogP contribution < -0.4 is 15.4 Å². The second kappa shape index (κ2) is 8.03. The summed E-state index contributed by atoms with van der Waals surface area (Å²) in [6, 6.07) is 13.1. The second-order valence-electron chi connectivity index (χ2n) is 6.07. The summed E-state index contributed by atoms with van der Waals surface area (Å²) >= 11 is 2.13. The molecule has 0 bridgehead atoms. The molecule has 0 aliphatic heterocycles. The number of ether oxygens (including phenoxy) is 1. The van der Waals surface area contributed by atoms with Gasteiger partial charge in [0.1, 0.15) is 23.0 Å². The number of hydrogen-bond acceptors (Lipinski definition) is 5. The number of aromatic nitrogens is 3. The first-order chi connectivity index (χ1) is 14.0. The van der Waals surface area contributed by atoms with Gasteiger partial charge in [0.15, 0.2) is 0 Å². The molecule has 3 N–H and O–H groups in total. The quantitative estimate of drug-likeness (QED) is 0.347. The van der Waals surface area contributed by atoms with Crippen molar-refractivity contribution in [2.24, 2.45) is 0 Å². The number of nitrogens with one attached hydrogen (secondary N) is 3. The van der Waals surface area contributed by atoms with E-state index in [-0.39, 0.29) is 17.4 Å². The van der Waals surface area contributed by atoms with Crippen LogP contribution in [0.3, 0.4) is 0 Å². The summed E-state index contributed by atoms with van der Waals surface area (Å²) in [6.45, 7) is 0. The van der Waals surface area contributed by atoms with E-state index in [0.717, 1.165) is 14.6 Å². The smallest absolute Gasteiger partial charge is 0.269 e. The molecule has 0 aliphatic rings. The Morgan fingerprint density at radius 2 is 1.97 bits per heavy atom. The highest BCUT2D eigenvalue weighted by Gasteiger charge is 2.10. The fraction of sp³-hybridized carbons (Fsp3) is 0.0500. The number of nitrogens with zero attached hydrogens (tertiary/aromatic N) is 2. The Hall–Kier alpha value is -3.21. The van der Waals surface area contributed by atoms with E-state index >= 15 is 0 Å².